The second-order valence-corrected chi connectivity index (χ2v) is 10.8. The van der Waals surface area contributed by atoms with Gasteiger partial charge < -0.3 is 20.9 Å². The summed E-state index contributed by atoms with van der Waals surface area (Å²) in [6.45, 7) is 3.93. The maximum Gasteiger partial charge on any atom is 0.289 e. The van der Waals surface area contributed by atoms with Crippen molar-refractivity contribution in [3.63, 3.8) is 0 Å². The van der Waals surface area contributed by atoms with Crippen LogP contribution in [0, 0.1) is 5.92 Å². The zero-order valence-corrected chi connectivity index (χ0v) is 23.9. The largest absolute Gasteiger partial charge is 0.347 e. The van der Waals surface area contributed by atoms with Crippen molar-refractivity contribution in [3.05, 3.63) is 64.3 Å². The second-order valence-electron chi connectivity index (χ2n) is 9.88. The number of para-hydroxylation sites is 2. The number of nitrogens with zero attached hydrogens (tertiary/aromatic N) is 2. The number of fused-ring (bicyclic) bond motifs is 1. The molecule has 0 aliphatic heterocycles. The fourth-order valence-corrected chi connectivity index (χ4v) is 4.86. The summed E-state index contributed by atoms with van der Waals surface area (Å²) >= 11 is 1.98. The molecule has 4 rings (SSSR count). The first kappa shape index (κ1) is 28.5. The predicted molar refractivity (Wildman–Crippen MR) is 153 cm³/mol. The van der Waals surface area contributed by atoms with Crippen LogP contribution < -0.4 is 21.5 Å². The van der Waals surface area contributed by atoms with Gasteiger partial charge in [0.05, 0.1) is 33.9 Å². The maximum absolute atomic E-state index is 13.5. The van der Waals surface area contributed by atoms with Gasteiger partial charge in [-0.2, -0.15) is 0 Å². The number of nitrogens with one attached hydrogen (secondary N) is 4. The van der Waals surface area contributed by atoms with E-state index in [-0.39, 0.29) is 29.8 Å². The lowest BCUT2D eigenvalue weighted by Crippen LogP contribution is -2.55. The quantitative estimate of drug-likeness (QED) is 0.175. The molecule has 1 aliphatic rings. The number of carbonyl (C=O) groups excluding carboxylic acids is 4. The van der Waals surface area contributed by atoms with Crippen LogP contribution in [0.2, 0.25) is 0 Å². The molecule has 2 heterocycles. The molecular formula is C27H31IN6O5. The minimum absolute atomic E-state index is 0.0529. The molecule has 3 atom stereocenters. The number of H-pyrrole nitrogens is 1. The number of aromatic amines is 1. The molecule has 0 radical (unpaired) electrons. The Kier molecular flexibility index (Phi) is 9.15. The number of aromatic nitrogens is 3. The van der Waals surface area contributed by atoms with Crippen LogP contribution in [0.3, 0.4) is 0 Å². The number of rotatable bonds is 12. The van der Waals surface area contributed by atoms with Crippen LogP contribution in [0.15, 0.2) is 47.4 Å². The number of ketones is 1. The summed E-state index contributed by atoms with van der Waals surface area (Å²) < 4.78 is 1.62. The maximum atomic E-state index is 13.5. The van der Waals surface area contributed by atoms with Crippen LogP contribution in [0.1, 0.15) is 55.7 Å². The molecule has 1 aliphatic carbocycles. The highest BCUT2D eigenvalue weighted by molar-refractivity contribution is 14.1. The van der Waals surface area contributed by atoms with E-state index < -0.39 is 41.1 Å². The van der Waals surface area contributed by atoms with Gasteiger partial charge in [-0.3, -0.25) is 26.8 Å². The molecule has 11 nitrogen and oxygen atoms in total. The van der Waals surface area contributed by atoms with Gasteiger partial charge in [0.15, 0.2) is 0 Å². The van der Waals surface area contributed by atoms with Crippen LogP contribution in [0.5, 0.6) is 0 Å². The molecule has 0 spiro atoms. The van der Waals surface area contributed by atoms with Crippen molar-refractivity contribution in [3.8, 4) is 0 Å². The van der Waals surface area contributed by atoms with Gasteiger partial charge in [-0.05, 0) is 43.4 Å². The van der Waals surface area contributed by atoms with E-state index in [0.29, 0.717) is 11.9 Å². The van der Waals surface area contributed by atoms with Crippen LogP contribution in [-0.4, -0.2) is 54.4 Å². The third-order valence-electron chi connectivity index (χ3n) is 6.76. The van der Waals surface area contributed by atoms with Crippen molar-refractivity contribution in [2.45, 2.75) is 64.1 Å². The van der Waals surface area contributed by atoms with E-state index in [1.165, 1.54) is 12.3 Å². The monoisotopic (exact) mass is 646 g/mol. The number of benzene rings is 1. The second kappa shape index (κ2) is 12.5. The molecule has 1 saturated carbocycles. The third kappa shape index (κ3) is 7.11. The SMILES string of the molecule is CCC(C)CC(NC(=O)c1nc2ccccc2n1I)C(=O)NC(Cc1ccc[nH]c1=O)C(=O)C(=O)NC1CC1. The zero-order valence-electron chi connectivity index (χ0n) is 21.7. The molecule has 0 saturated heterocycles. The van der Waals surface area contributed by atoms with E-state index in [4.69, 9.17) is 0 Å². The Labute approximate surface area is 239 Å². The molecule has 1 aromatic carbocycles. The predicted octanol–water partition coefficient (Wildman–Crippen LogP) is 2.03. The number of hydrogen-bond acceptors (Lipinski definition) is 6. The molecular weight excluding hydrogens is 615 g/mol. The number of imidazole rings is 1. The highest BCUT2D eigenvalue weighted by atomic mass is 127. The summed E-state index contributed by atoms with van der Waals surface area (Å²) in [5, 5.41) is 8.06. The zero-order chi connectivity index (χ0) is 28.1. The van der Waals surface area contributed by atoms with Gasteiger partial charge in [-0.15, -0.1) is 0 Å². The summed E-state index contributed by atoms with van der Waals surface area (Å²) in [4.78, 5) is 71.7. The molecule has 3 unspecified atom stereocenters. The van der Waals surface area contributed by atoms with Crippen molar-refractivity contribution >= 4 is 57.4 Å². The minimum atomic E-state index is -1.29. The highest BCUT2D eigenvalue weighted by Gasteiger charge is 2.34. The smallest absolute Gasteiger partial charge is 0.289 e. The normalized spacial score (nSPS) is 15.3. The number of Topliss-reactive ketones (excluding diaryl/α,β-unsaturated/α-hetero) is 1. The molecule has 3 aromatic rings. The van der Waals surface area contributed by atoms with Crippen molar-refractivity contribution in [1.82, 2.24) is 28.7 Å². The molecule has 4 N–H and O–H groups in total. The van der Waals surface area contributed by atoms with E-state index in [9.17, 15) is 24.0 Å². The van der Waals surface area contributed by atoms with Gasteiger partial charge in [-0.25, -0.2) is 4.98 Å². The average molecular weight is 646 g/mol. The molecule has 206 valence electrons. The summed E-state index contributed by atoms with van der Waals surface area (Å²) in [6, 6.07) is 8.09. The first-order valence-electron chi connectivity index (χ1n) is 12.9. The first-order valence-corrected chi connectivity index (χ1v) is 13.9. The summed E-state index contributed by atoms with van der Waals surface area (Å²) in [7, 11) is 0. The van der Waals surface area contributed by atoms with E-state index >= 15 is 0 Å². The number of carbonyl (C=O) groups is 4. The molecule has 3 amide bonds. The molecule has 12 heteroatoms. The Morgan fingerprint density at radius 2 is 1.85 bits per heavy atom. The van der Waals surface area contributed by atoms with E-state index in [1.54, 1.807) is 14.9 Å². The molecule has 39 heavy (non-hydrogen) atoms. The number of pyridine rings is 1. The Hall–Kier alpha value is -3.55. The number of amides is 3. The first-order chi connectivity index (χ1) is 18.7. The third-order valence-corrected chi connectivity index (χ3v) is 7.74. The van der Waals surface area contributed by atoms with Crippen LogP contribution in [-0.2, 0) is 20.8 Å². The standard InChI is InChI=1S/C27H31IN6O5/c1-3-15(2)13-20(33-27(39)23-31-18-8-4-5-9-21(18)34(23)28)25(37)32-19(14-16-7-6-12-29-24(16)36)22(35)26(38)30-17-10-11-17/h4-9,12,15,17,19-20H,3,10-11,13-14H2,1-2H3,(H,29,36)(H,30,38)(H,32,37)(H,33,39). The van der Waals surface area contributed by atoms with Gasteiger partial charge in [0.25, 0.3) is 17.4 Å². The summed E-state index contributed by atoms with van der Waals surface area (Å²) in [5.74, 6) is -2.62. The Bertz CT molecular complexity index is 1450. The Morgan fingerprint density at radius 3 is 2.51 bits per heavy atom. The highest BCUT2D eigenvalue weighted by Crippen LogP contribution is 2.20. The Balaban J connectivity index is 1.56. The van der Waals surface area contributed by atoms with Crippen molar-refractivity contribution in [2.24, 2.45) is 5.92 Å². The van der Waals surface area contributed by atoms with Crippen LogP contribution in [0.25, 0.3) is 11.0 Å². The molecule has 2 aromatic heterocycles. The van der Waals surface area contributed by atoms with Gasteiger partial charge in [0, 0.05) is 24.2 Å². The van der Waals surface area contributed by atoms with Crippen LogP contribution >= 0.6 is 22.9 Å². The fraction of sp³-hybridized carbons (Fsp3) is 0.407. The van der Waals surface area contributed by atoms with Gasteiger partial charge >= 0.3 is 0 Å². The number of halogens is 1. The fourth-order valence-electron chi connectivity index (χ4n) is 4.12. The molecule has 1 fully saturated rings. The summed E-state index contributed by atoms with van der Waals surface area (Å²) in [5.41, 5.74) is 1.22. The van der Waals surface area contributed by atoms with E-state index in [1.807, 2.05) is 54.9 Å². The van der Waals surface area contributed by atoms with Crippen molar-refractivity contribution in [1.29, 1.82) is 0 Å². The van der Waals surface area contributed by atoms with Crippen molar-refractivity contribution in [2.75, 3.05) is 0 Å². The summed E-state index contributed by atoms with van der Waals surface area (Å²) in [6.07, 6.45) is 3.93. The Morgan fingerprint density at radius 1 is 1.10 bits per heavy atom. The van der Waals surface area contributed by atoms with Crippen LogP contribution in [0.4, 0.5) is 0 Å². The van der Waals surface area contributed by atoms with Gasteiger partial charge in [0.1, 0.15) is 12.1 Å². The van der Waals surface area contributed by atoms with E-state index in [2.05, 4.69) is 25.9 Å². The lowest BCUT2D eigenvalue weighted by molar-refractivity contribution is -0.140. The average Bonchev–Trinajstić information content (AvgIpc) is 3.68. The van der Waals surface area contributed by atoms with E-state index in [0.717, 1.165) is 24.8 Å². The topological polar surface area (TPSA) is 155 Å². The minimum Gasteiger partial charge on any atom is -0.347 e. The molecule has 0 bridgehead atoms. The van der Waals surface area contributed by atoms with Gasteiger partial charge in [0.2, 0.25) is 17.5 Å². The van der Waals surface area contributed by atoms with Crippen molar-refractivity contribution < 1.29 is 19.2 Å². The van der Waals surface area contributed by atoms with Gasteiger partial charge in [-0.1, -0.05) is 38.5 Å². The number of hydrogen-bond donors (Lipinski definition) is 4. The lowest BCUT2D eigenvalue weighted by Gasteiger charge is -2.24. The lowest BCUT2D eigenvalue weighted by atomic mass is 9.97.